The second-order valence-corrected chi connectivity index (χ2v) is 3.99. The minimum Gasteiger partial charge on any atom is -0.478 e. The summed E-state index contributed by atoms with van der Waals surface area (Å²) in [5.74, 6) is -1.48. The van der Waals surface area contributed by atoms with E-state index in [0.29, 0.717) is 25.4 Å². The molecule has 1 saturated heterocycles. The van der Waals surface area contributed by atoms with Gasteiger partial charge in [-0.2, -0.15) is 0 Å². The summed E-state index contributed by atoms with van der Waals surface area (Å²) in [6.07, 6.45) is 2.41. The molecule has 4 nitrogen and oxygen atoms in total. The zero-order chi connectivity index (χ0) is 13.0. The summed E-state index contributed by atoms with van der Waals surface area (Å²) in [6.45, 7) is 1.45. The standard InChI is InChI=1S/C13H13FO4/c14-11-3-1-10(6-18-12-7-17-8-12)9(5-11)2-4-13(15)16/h1-5,12H,6-8H2,(H,15,16)/b4-2+. The molecule has 1 aliphatic heterocycles. The molecule has 0 radical (unpaired) electrons. The van der Waals surface area contributed by atoms with Gasteiger partial charge < -0.3 is 14.6 Å². The van der Waals surface area contributed by atoms with E-state index in [-0.39, 0.29) is 6.10 Å². The normalized spacial score (nSPS) is 15.8. The third-order valence-electron chi connectivity index (χ3n) is 2.60. The molecule has 96 valence electrons. The first-order valence-electron chi connectivity index (χ1n) is 5.54. The number of hydrogen-bond donors (Lipinski definition) is 1. The summed E-state index contributed by atoms with van der Waals surface area (Å²) >= 11 is 0. The van der Waals surface area contributed by atoms with Gasteiger partial charge in [-0.1, -0.05) is 6.07 Å². The van der Waals surface area contributed by atoms with Gasteiger partial charge in [0.2, 0.25) is 0 Å². The Morgan fingerprint density at radius 1 is 1.56 bits per heavy atom. The summed E-state index contributed by atoms with van der Waals surface area (Å²) in [5, 5.41) is 8.57. The fraction of sp³-hybridized carbons (Fsp3) is 0.308. The molecular weight excluding hydrogens is 239 g/mol. The third-order valence-corrected chi connectivity index (χ3v) is 2.60. The highest BCUT2D eigenvalue weighted by atomic mass is 19.1. The minimum absolute atomic E-state index is 0.0753. The molecule has 0 aliphatic carbocycles. The van der Waals surface area contributed by atoms with Crippen LogP contribution in [-0.2, 0) is 20.9 Å². The largest absolute Gasteiger partial charge is 0.478 e. The van der Waals surface area contributed by atoms with E-state index < -0.39 is 11.8 Å². The molecule has 0 bridgehead atoms. The number of benzene rings is 1. The predicted molar refractivity (Wildman–Crippen MR) is 62.5 cm³/mol. The Hall–Kier alpha value is -1.72. The van der Waals surface area contributed by atoms with Crippen molar-refractivity contribution in [1.29, 1.82) is 0 Å². The van der Waals surface area contributed by atoms with Crippen molar-refractivity contribution < 1.29 is 23.8 Å². The summed E-state index contributed by atoms with van der Waals surface area (Å²) in [6, 6.07) is 4.21. The van der Waals surface area contributed by atoms with Crippen LogP contribution in [0.4, 0.5) is 4.39 Å². The van der Waals surface area contributed by atoms with Crippen LogP contribution in [0.3, 0.4) is 0 Å². The van der Waals surface area contributed by atoms with Gasteiger partial charge in [0.25, 0.3) is 0 Å². The molecule has 0 spiro atoms. The van der Waals surface area contributed by atoms with Gasteiger partial charge in [-0.25, -0.2) is 9.18 Å². The molecule has 5 heteroatoms. The Kier molecular flexibility index (Phi) is 4.07. The quantitative estimate of drug-likeness (QED) is 0.812. The molecule has 0 amide bonds. The lowest BCUT2D eigenvalue weighted by molar-refractivity contribution is -0.135. The number of carboxylic acids is 1. The first-order valence-corrected chi connectivity index (χ1v) is 5.54. The Labute approximate surface area is 104 Å². The number of halogens is 1. The molecule has 2 rings (SSSR count). The summed E-state index contributed by atoms with van der Waals surface area (Å²) in [5.41, 5.74) is 1.26. The highest BCUT2D eigenvalue weighted by Gasteiger charge is 2.19. The first-order chi connectivity index (χ1) is 8.65. The van der Waals surface area contributed by atoms with Crippen LogP contribution in [0.5, 0.6) is 0 Å². The van der Waals surface area contributed by atoms with E-state index in [1.54, 1.807) is 6.07 Å². The average Bonchev–Trinajstić information content (AvgIpc) is 2.26. The smallest absolute Gasteiger partial charge is 0.328 e. The van der Waals surface area contributed by atoms with E-state index in [2.05, 4.69) is 0 Å². The number of rotatable bonds is 5. The van der Waals surface area contributed by atoms with Gasteiger partial charge in [-0.3, -0.25) is 0 Å². The van der Waals surface area contributed by atoms with Crippen molar-refractivity contribution >= 4 is 12.0 Å². The molecule has 1 aromatic carbocycles. The predicted octanol–water partition coefficient (Wildman–Crippen LogP) is 1.84. The molecule has 0 unspecified atom stereocenters. The molecule has 0 saturated carbocycles. The summed E-state index contributed by atoms with van der Waals surface area (Å²) in [7, 11) is 0. The van der Waals surface area contributed by atoms with E-state index in [1.165, 1.54) is 18.2 Å². The van der Waals surface area contributed by atoms with E-state index in [9.17, 15) is 9.18 Å². The van der Waals surface area contributed by atoms with Gasteiger partial charge in [-0.15, -0.1) is 0 Å². The van der Waals surface area contributed by atoms with Crippen molar-refractivity contribution in [3.8, 4) is 0 Å². The Morgan fingerprint density at radius 3 is 2.94 bits per heavy atom. The van der Waals surface area contributed by atoms with Crippen LogP contribution in [0.2, 0.25) is 0 Å². The fourth-order valence-electron chi connectivity index (χ4n) is 1.53. The fourth-order valence-corrected chi connectivity index (χ4v) is 1.53. The molecule has 0 atom stereocenters. The number of aliphatic carboxylic acids is 1. The van der Waals surface area contributed by atoms with Crippen LogP contribution in [-0.4, -0.2) is 30.4 Å². The van der Waals surface area contributed by atoms with Crippen molar-refractivity contribution in [2.75, 3.05) is 13.2 Å². The van der Waals surface area contributed by atoms with Crippen molar-refractivity contribution in [3.05, 3.63) is 41.2 Å². The van der Waals surface area contributed by atoms with Crippen LogP contribution in [0, 0.1) is 5.82 Å². The van der Waals surface area contributed by atoms with Gasteiger partial charge in [0.1, 0.15) is 11.9 Å². The van der Waals surface area contributed by atoms with Crippen molar-refractivity contribution in [2.45, 2.75) is 12.7 Å². The number of ether oxygens (including phenoxy) is 2. The van der Waals surface area contributed by atoms with E-state index in [1.807, 2.05) is 0 Å². The monoisotopic (exact) mass is 252 g/mol. The molecular formula is C13H13FO4. The average molecular weight is 252 g/mol. The van der Waals surface area contributed by atoms with Crippen molar-refractivity contribution in [1.82, 2.24) is 0 Å². The molecule has 1 aromatic rings. The Morgan fingerprint density at radius 2 is 2.33 bits per heavy atom. The second-order valence-electron chi connectivity index (χ2n) is 3.99. The molecule has 1 heterocycles. The summed E-state index contributed by atoms with van der Waals surface area (Å²) < 4.78 is 23.6. The lowest BCUT2D eigenvalue weighted by Gasteiger charge is -2.26. The van der Waals surface area contributed by atoms with E-state index in [4.69, 9.17) is 14.6 Å². The second kappa shape index (κ2) is 5.75. The van der Waals surface area contributed by atoms with Crippen molar-refractivity contribution in [2.24, 2.45) is 0 Å². The Balaban J connectivity index is 2.08. The molecule has 1 aliphatic rings. The van der Waals surface area contributed by atoms with Crippen LogP contribution >= 0.6 is 0 Å². The number of hydrogen-bond acceptors (Lipinski definition) is 3. The van der Waals surface area contributed by atoms with Gasteiger partial charge in [0.15, 0.2) is 0 Å². The van der Waals surface area contributed by atoms with E-state index >= 15 is 0 Å². The van der Waals surface area contributed by atoms with Gasteiger partial charge in [-0.05, 0) is 29.3 Å². The van der Waals surface area contributed by atoms with E-state index in [0.717, 1.165) is 11.6 Å². The SMILES string of the molecule is O=C(O)/C=C/c1cc(F)ccc1COC1COC1. The van der Waals surface area contributed by atoms with Crippen LogP contribution in [0.1, 0.15) is 11.1 Å². The zero-order valence-electron chi connectivity index (χ0n) is 9.64. The topological polar surface area (TPSA) is 55.8 Å². The van der Waals surface area contributed by atoms with Crippen molar-refractivity contribution in [3.63, 3.8) is 0 Å². The molecule has 1 fully saturated rings. The maximum absolute atomic E-state index is 13.1. The van der Waals surface area contributed by atoms with Crippen LogP contribution in [0.15, 0.2) is 24.3 Å². The lowest BCUT2D eigenvalue weighted by atomic mass is 10.1. The van der Waals surface area contributed by atoms with Gasteiger partial charge in [0, 0.05) is 6.08 Å². The maximum atomic E-state index is 13.1. The maximum Gasteiger partial charge on any atom is 0.328 e. The molecule has 1 N–H and O–H groups in total. The van der Waals surface area contributed by atoms with Gasteiger partial charge in [0.05, 0.1) is 19.8 Å². The minimum atomic E-state index is -1.07. The number of carboxylic acid groups (broad SMARTS) is 1. The molecule has 0 aromatic heterocycles. The van der Waals surface area contributed by atoms with Crippen LogP contribution < -0.4 is 0 Å². The highest BCUT2D eigenvalue weighted by Crippen LogP contribution is 2.17. The highest BCUT2D eigenvalue weighted by molar-refractivity contribution is 5.85. The zero-order valence-corrected chi connectivity index (χ0v) is 9.64. The third kappa shape index (κ3) is 3.38. The lowest BCUT2D eigenvalue weighted by Crippen LogP contribution is -2.35. The summed E-state index contributed by atoms with van der Waals surface area (Å²) in [4.78, 5) is 10.5. The van der Waals surface area contributed by atoms with Gasteiger partial charge >= 0.3 is 5.97 Å². The number of carbonyl (C=O) groups is 1. The van der Waals surface area contributed by atoms with Crippen LogP contribution in [0.25, 0.3) is 6.08 Å². The molecule has 18 heavy (non-hydrogen) atoms. The Bertz CT molecular complexity index is 466. The first kappa shape index (κ1) is 12.7.